The summed E-state index contributed by atoms with van der Waals surface area (Å²) in [5.74, 6) is 1.98. The van der Waals surface area contributed by atoms with E-state index in [0.717, 1.165) is 78.4 Å². The molecule has 0 radical (unpaired) electrons. The lowest BCUT2D eigenvalue weighted by Gasteiger charge is -2.32. The Morgan fingerprint density at radius 1 is 0.600 bits per heavy atom. The number of benzene rings is 1. The molecular weight excluding hydrogens is 869 g/mol. The van der Waals surface area contributed by atoms with Crippen molar-refractivity contribution in [1.82, 2.24) is 47.9 Å². The first-order valence-corrected chi connectivity index (χ1v) is 25.5. The third kappa shape index (κ3) is 11.2. The summed E-state index contributed by atoms with van der Waals surface area (Å²) in [4.78, 5) is 36.4. The fraction of sp³-hybridized carbons (Fsp3) is 0.517. The lowest BCUT2D eigenvalue weighted by molar-refractivity contribution is -0.130. The first kappa shape index (κ1) is 50.5. The highest BCUT2D eigenvalue weighted by Gasteiger charge is 2.27. The molecule has 7 aromatic heterocycles. The van der Waals surface area contributed by atoms with Crippen LogP contribution in [0.1, 0.15) is 169 Å². The van der Waals surface area contributed by atoms with Crippen LogP contribution in [0.3, 0.4) is 0 Å². The molecule has 3 fully saturated rings. The van der Waals surface area contributed by atoms with Crippen molar-refractivity contribution in [1.29, 1.82) is 0 Å². The minimum absolute atomic E-state index is 0.0168. The van der Waals surface area contributed by atoms with Crippen LogP contribution in [-0.4, -0.2) is 80.1 Å². The predicted octanol–water partition coefficient (Wildman–Crippen LogP) is 12.8. The zero-order valence-electron chi connectivity index (χ0n) is 44.5. The average Bonchev–Trinajstić information content (AvgIpc) is 4.07. The number of ether oxygens (including phenoxy) is 1. The molecule has 70 heavy (non-hydrogen) atoms. The van der Waals surface area contributed by atoms with Gasteiger partial charge in [-0.05, 0) is 103 Å². The van der Waals surface area contributed by atoms with Crippen molar-refractivity contribution in [3.63, 3.8) is 0 Å². The average molecular weight is 947 g/mol. The molecule has 12 heteroatoms. The number of nitrogens with zero attached hydrogens (tertiary/aromatic N) is 10. The van der Waals surface area contributed by atoms with E-state index in [1.54, 1.807) is 6.92 Å². The van der Waals surface area contributed by atoms with E-state index in [1.165, 1.54) is 47.1 Å². The Kier molecular flexibility index (Phi) is 14.2. The minimum atomic E-state index is -0.0543. The number of rotatable bonds is 3. The highest BCUT2D eigenvalue weighted by Crippen LogP contribution is 2.35. The Morgan fingerprint density at radius 3 is 1.60 bits per heavy atom. The van der Waals surface area contributed by atoms with Gasteiger partial charge in [-0.3, -0.25) is 4.79 Å². The molecule has 0 bridgehead atoms. The standard InChI is InChI=1S/C17H24N4O.C14H19N3.C14H18N2O.C13H17N/c1-12(22)20-8-6-14(7-9-20)21-10-5-13-11-18-16(17(2,3)4)19-15(13)21;1-14(2,3)13-15-9-10-7-8-17(12(10)16-13)11-5-4-6-11;1-14(2,3)10-4-5-12-13(6-10)16(9-15-12)11-7-17-8-11;1-10-5-7-12-8-6-11(9-14(10)12)13(2,3)4/h5,10-11,14H,6-9H2,1-4H3;7-9,11H,4-6H2,1-3H3;4-6,9,11H,7-8H2,1-3H3;5-9H,1-4H3. The van der Waals surface area contributed by atoms with Crippen molar-refractivity contribution in [2.24, 2.45) is 0 Å². The number of aryl methyl sites for hydroxylation is 1. The summed E-state index contributed by atoms with van der Waals surface area (Å²) < 4.78 is 14.3. The van der Waals surface area contributed by atoms with Crippen LogP contribution in [0.25, 0.3) is 38.6 Å². The van der Waals surface area contributed by atoms with Crippen LogP contribution in [0.15, 0.2) is 91.9 Å². The van der Waals surface area contributed by atoms with Gasteiger partial charge in [0.1, 0.15) is 22.9 Å². The molecule has 8 aromatic rings. The molecule has 1 saturated carbocycles. The van der Waals surface area contributed by atoms with Gasteiger partial charge in [-0.2, -0.15) is 0 Å². The summed E-state index contributed by atoms with van der Waals surface area (Å²) >= 11 is 0. The summed E-state index contributed by atoms with van der Waals surface area (Å²) in [6.45, 7) is 33.4. The quantitative estimate of drug-likeness (QED) is 0.173. The van der Waals surface area contributed by atoms with Gasteiger partial charge in [-0.1, -0.05) is 95.2 Å². The van der Waals surface area contributed by atoms with Gasteiger partial charge in [-0.15, -0.1) is 0 Å². The normalized spacial score (nSPS) is 16.3. The number of carbonyl (C=O) groups excluding carboxylic acids is 1. The van der Waals surface area contributed by atoms with Gasteiger partial charge in [0.25, 0.3) is 0 Å². The second-order valence-electron chi connectivity index (χ2n) is 23.9. The maximum Gasteiger partial charge on any atom is 0.219 e. The fourth-order valence-electron chi connectivity index (χ4n) is 9.16. The summed E-state index contributed by atoms with van der Waals surface area (Å²) in [7, 11) is 0. The Labute approximate surface area is 415 Å². The monoisotopic (exact) mass is 947 g/mol. The molecule has 12 nitrogen and oxygen atoms in total. The molecule has 1 amide bonds. The Hall–Kier alpha value is -5.88. The number of carbonyl (C=O) groups is 1. The number of aromatic nitrogens is 9. The maximum atomic E-state index is 11.5. The molecule has 0 N–H and O–H groups in total. The van der Waals surface area contributed by atoms with E-state index in [4.69, 9.17) is 14.7 Å². The van der Waals surface area contributed by atoms with Crippen LogP contribution < -0.4 is 0 Å². The Morgan fingerprint density at radius 2 is 1.13 bits per heavy atom. The second-order valence-corrected chi connectivity index (χ2v) is 23.9. The van der Waals surface area contributed by atoms with Crippen molar-refractivity contribution < 1.29 is 9.53 Å². The van der Waals surface area contributed by atoms with Crippen molar-refractivity contribution in [3.8, 4) is 0 Å². The number of likely N-dealkylation sites (tertiary alicyclic amines) is 1. The molecule has 2 saturated heterocycles. The van der Waals surface area contributed by atoms with Crippen LogP contribution in [0.5, 0.6) is 0 Å². The molecule has 9 heterocycles. The van der Waals surface area contributed by atoms with E-state index in [-0.39, 0.29) is 27.6 Å². The SMILES string of the molecule is CC(=O)N1CCC(n2ccc3cnc(C(C)(C)C)nc32)CC1.CC(C)(C)c1ccc2ncn(C3COC3)c2c1.CC(C)(C)c1ncc2ccn(C3CCC3)c2n1.Cc1ccc2ccc(C(C)(C)C)cn12. The maximum absolute atomic E-state index is 11.5. The molecule has 1 aromatic carbocycles. The van der Waals surface area contributed by atoms with Crippen molar-refractivity contribution in [3.05, 3.63) is 120 Å². The molecule has 0 spiro atoms. The number of pyridine rings is 1. The van der Waals surface area contributed by atoms with Gasteiger partial charge >= 0.3 is 0 Å². The van der Waals surface area contributed by atoms with Crippen LogP contribution >= 0.6 is 0 Å². The first-order valence-electron chi connectivity index (χ1n) is 25.5. The molecule has 0 unspecified atom stereocenters. The molecular formula is C58H78N10O2. The van der Waals surface area contributed by atoms with Gasteiger partial charge in [-0.25, -0.2) is 24.9 Å². The zero-order chi connectivity index (χ0) is 50.3. The highest BCUT2D eigenvalue weighted by molar-refractivity contribution is 5.77. The topological polar surface area (TPSA) is 113 Å². The number of amides is 1. The molecule has 0 atom stereocenters. The van der Waals surface area contributed by atoms with Crippen molar-refractivity contribution >= 4 is 44.5 Å². The molecule has 1 aliphatic carbocycles. The van der Waals surface area contributed by atoms with Crippen LogP contribution in [0.4, 0.5) is 0 Å². The van der Waals surface area contributed by atoms with Crippen LogP contribution in [0, 0.1) is 6.92 Å². The third-order valence-corrected chi connectivity index (χ3v) is 14.2. The summed E-state index contributed by atoms with van der Waals surface area (Å²) in [5, 5.41) is 2.24. The molecule has 372 valence electrons. The highest BCUT2D eigenvalue weighted by atomic mass is 16.5. The van der Waals surface area contributed by atoms with Crippen molar-refractivity contribution in [2.45, 2.75) is 169 Å². The molecule has 11 rings (SSSR count). The molecule has 3 aliphatic rings. The minimum Gasteiger partial charge on any atom is -0.377 e. The first-order chi connectivity index (χ1) is 33.0. The van der Waals surface area contributed by atoms with E-state index in [0.29, 0.717) is 18.1 Å². The van der Waals surface area contributed by atoms with Gasteiger partial charge in [0, 0.05) is 95.9 Å². The lowest BCUT2D eigenvalue weighted by Crippen LogP contribution is -2.37. The number of imidazole rings is 1. The predicted molar refractivity (Wildman–Crippen MR) is 285 cm³/mol. The summed E-state index contributed by atoms with van der Waals surface area (Å²) in [5.41, 5.74) is 10.1. The zero-order valence-corrected chi connectivity index (χ0v) is 44.5. The largest absolute Gasteiger partial charge is 0.377 e. The molecule has 2 aliphatic heterocycles. The van der Waals surface area contributed by atoms with E-state index >= 15 is 0 Å². The Bertz CT molecular complexity index is 2970. The van der Waals surface area contributed by atoms with Crippen LogP contribution in [0.2, 0.25) is 0 Å². The number of piperidine rings is 1. The lowest BCUT2D eigenvalue weighted by atomic mass is 9.87. The van der Waals surface area contributed by atoms with E-state index < -0.39 is 0 Å². The second kappa shape index (κ2) is 19.7. The number of hydrogen-bond donors (Lipinski definition) is 0. The number of fused-ring (bicyclic) bond motifs is 4. The van der Waals surface area contributed by atoms with E-state index in [9.17, 15) is 4.79 Å². The van der Waals surface area contributed by atoms with Gasteiger partial charge < -0.3 is 27.7 Å². The smallest absolute Gasteiger partial charge is 0.219 e. The van der Waals surface area contributed by atoms with Gasteiger partial charge in [0.15, 0.2) is 0 Å². The van der Waals surface area contributed by atoms with Crippen LogP contribution in [-0.2, 0) is 31.2 Å². The van der Waals surface area contributed by atoms with Gasteiger partial charge in [0.05, 0.1) is 36.6 Å². The number of hydrogen-bond acceptors (Lipinski definition) is 7. The third-order valence-electron chi connectivity index (χ3n) is 14.2. The summed E-state index contributed by atoms with van der Waals surface area (Å²) in [6, 6.07) is 21.0. The summed E-state index contributed by atoms with van der Waals surface area (Å²) in [6.07, 6.45) is 18.2. The Balaban J connectivity index is 0.000000127. The van der Waals surface area contributed by atoms with E-state index in [2.05, 4.69) is 196 Å². The van der Waals surface area contributed by atoms with E-state index in [1.807, 2.05) is 23.6 Å². The van der Waals surface area contributed by atoms with Crippen molar-refractivity contribution in [2.75, 3.05) is 26.3 Å². The fourth-order valence-corrected chi connectivity index (χ4v) is 9.16. The van der Waals surface area contributed by atoms with Gasteiger partial charge in [0.2, 0.25) is 5.91 Å².